The van der Waals surface area contributed by atoms with Crippen molar-refractivity contribution in [2.24, 2.45) is 10.8 Å². The van der Waals surface area contributed by atoms with Crippen molar-refractivity contribution >= 4 is 0 Å². The maximum absolute atomic E-state index is 3.60. The van der Waals surface area contributed by atoms with Crippen LogP contribution in [-0.4, -0.2) is 37.1 Å². The van der Waals surface area contributed by atoms with Crippen molar-refractivity contribution in [3.63, 3.8) is 0 Å². The lowest BCUT2D eigenvalue weighted by Gasteiger charge is -2.55. The van der Waals surface area contributed by atoms with Crippen LogP contribution in [0.15, 0.2) is 0 Å². The second-order valence-electron chi connectivity index (χ2n) is 6.40. The van der Waals surface area contributed by atoms with Gasteiger partial charge in [-0.25, -0.2) is 0 Å². The van der Waals surface area contributed by atoms with Gasteiger partial charge in [0.25, 0.3) is 0 Å². The van der Waals surface area contributed by atoms with E-state index in [4.69, 9.17) is 0 Å². The van der Waals surface area contributed by atoms with Crippen LogP contribution in [-0.2, 0) is 0 Å². The summed E-state index contributed by atoms with van der Waals surface area (Å²) in [7, 11) is 0. The molecule has 1 N–H and O–H groups in total. The van der Waals surface area contributed by atoms with Crippen molar-refractivity contribution in [1.29, 1.82) is 0 Å². The first-order chi connectivity index (χ1) is 6.43. The van der Waals surface area contributed by atoms with Crippen LogP contribution in [0.1, 0.15) is 34.1 Å². The monoisotopic (exact) mass is 196 g/mol. The van der Waals surface area contributed by atoms with Gasteiger partial charge in [0.15, 0.2) is 0 Å². The molecule has 0 saturated carbocycles. The molecule has 2 aliphatic rings. The molecule has 14 heavy (non-hydrogen) atoms. The van der Waals surface area contributed by atoms with Crippen LogP contribution in [0, 0.1) is 10.8 Å². The van der Waals surface area contributed by atoms with Crippen molar-refractivity contribution in [3.8, 4) is 0 Å². The summed E-state index contributed by atoms with van der Waals surface area (Å²) in [6.07, 6.45) is 1.40. The van der Waals surface area contributed by atoms with Crippen molar-refractivity contribution in [3.05, 3.63) is 0 Å². The van der Waals surface area contributed by atoms with Gasteiger partial charge in [-0.15, -0.1) is 0 Å². The lowest BCUT2D eigenvalue weighted by Crippen LogP contribution is -2.62. The van der Waals surface area contributed by atoms with E-state index in [2.05, 4.69) is 37.9 Å². The normalized spacial score (nSPS) is 44.4. The Labute approximate surface area is 88.1 Å². The molecule has 2 atom stereocenters. The number of rotatable bonds is 1. The Kier molecular flexibility index (Phi) is 2.39. The number of nitrogens with zero attached hydrogens (tertiary/aromatic N) is 1. The van der Waals surface area contributed by atoms with Gasteiger partial charge in [-0.05, 0) is 31.1 Å². The highest BCUT2D eigenvalue weighted by Crippen LogP contribution is 2.42. The molecule has 0 aromatic heterocycles. The second-order valence-corrected chi connectivity index (χ2v) is 6.40. The summed E-state index contributed by atoms with van der Waals surface area (Å²) >= 11 is 0. The Bertz CT molecular complexity index is 208. The van der Waals surface area contributed by atoms with Crippen LogP contribution in [0.2, 0.25) is 0 Å². The summed E-state index contributed by atoms with van der Waals surface area (Å²) in [5.74, 6) is 0. The molecular weight excluding hydrogens is 172 g/mol. The highest BCUT2D eigenvalue weighted by atomic mass is 15.2. The molecule has 0 aliphatic carbocycles. The molecule has 0 aromatic carbocycles. The summed E-state index contributed by atoms with van der Waals surface area (Å²) in [4.78, 5) is 2.66. The average Bonchev–Trinajstić information content (AvgIpc) is 1.99. The lowest BCUT2D eigenvalue weighted by atomic mass is 9.66. The summed E-state index contributed by atoms with van der Waals surface area (Å²) in [6.45, 7) is 14.5. The first-order valence-electron chi connectivity index (χ1n) is 5.87. The van der Waals surface area contributed by atoms with Crippen LogP contribution in [0.5, 0.6) is 0 Å². The quantitative estimate of drug-likeness (QED) is 0.687. The lowest BCUT2D eigenvalue weighted by molar-refractivity contribution is -0.0332. The molecule has 0 aromatic rings. The molecule has 82 valence electrons. The minimum Gasteiger partial charge on any atom is -0.316 e. The molecule has 0 spiro atoms. The van der Waals surface area contributed by atoms with Crippen molar-refractivity contribution in [2.45, 2.75) is 40.2 Å². The number of hydrogen-bond acceptors (Lipinski definition) is 2. The molecule has 2 heterocycles. The Morgan fingerprint density at radius 3 is 2.00 bits per heavy atom. The fourth-order valence-corrected chi connectivity index (χ4v) is 3.45. The van der Waals surface area contributed by atoms with E-state index in [-0.39, 0.29) is 0 Å². The summed E-state index contributed by atoms with van der Waals surface area (Å²) in [6, 6.07) is 0.701. The highest BCUT2D eigenvalue weighted by molar-refractivity contribution is 5.00. The van der Waals surface area contributed by atoms with Crippen molar-refractivity contribution in [1.82, 2.24) is 10.2 Å². The summed E-state index contributed by atoms with van der Waals surface area (Å²) in [5, 5.41) is 3.60. The van der Waals surface area contributed by atoms with Gasteiger partial charge in [0.2, 0.25) is 0 Å². The third-order valence-corrected chi connectivity index (χ3v) is 3.86. The molecule has 2 saturated heterocycles. The topological polar surface area (TPSA) is 15.3 Å². The van der Waals surface area contributed by atoms with E-state index in [0.29, 0.717) is 16.9 Å². The first kappa shape index (κ1) is 10.4. The number of fused-ring (bicyclic) bond motifs is 2. The minimum absolute atomic E-state index is 0.509. The van der Waals surface area contributed by atoms with Gasteiger partial charge in [-0.3, -0.25) is 4.90 Å². The van der Waals surface area contributed by atoms with E-state index in [1.54, 1.807) is 0 Å². The molecule has 2 fully saturated rings. The molecule has 2 heteroatoms. The van der Waals surface area contributed by atoms with Crippen molar-refractivity contribution in [2.75, 3.05) is 26.2 Å². The van der Waals surface area contributed by atoms with Gasteiger partial charge in [-0.2, -0.15) is 0 Å². The van der Waals surface area contributed by atoms with E-state index < -0.39 is 0 Å². The molecule has 2 rings (SSSR count). The van der Waals surface area contributed by atoms with Gasteiger partial charge in [-0.1, -0.05) is 13.8 Å². The Hall–Kier alpha value is -0.0800. The average molecular weight is 196 g/mol. The Morgan fingerprint density at radius 2 is 1.57 bits per heavy atom. The minimum atomic E-state index is 0.509. The largest absolute Gasteiger partial charge is 0.316 e. The van der Waals surface area contributed by atoms with Crippen LogP contribution in [0.25, 0.3) is 0 Å². The van der Waals surface area contributed by atoms with Gasteiger partial charge in [0.05, 0.1) is 0 Å². The van der Waals surface area contributed by atoms with E-state index in [9.17, 15) is 0 Å². The Balaban J connectivity index is 2.16. The van der Waals surface area contributed by atoms with Crippen LogP contribution in [0.4, 0.5) is 0 Å². The number of likely N-dealkylation sites (tertiary alicyclic amines) is 1. The van der Waals surface area contributed by atoms with Crippen LogP contribution < -0.4 is 5.32 Å². The molecule has 2 bridgehead atoms. The van der Waals surface area contributed by atoms with E-state index in [0.717, 1.165) is 0 Å². The zero-order valence-corrected chi connectivity index (χ0v) is 10.1. The highest BCUT2D eigenvalue weighted by Gasteiger charge is 2.45. The van der Waals surface area contributed by atoms with Gasteiger partial charge in [0.1, 0.15) is 0 Å². The van der Waals surface area contributed by atoms with E-state index in [1.165, 1.54) is 32.6 Å². The Morgan fingerprint density at radius 1 is 1.07 bits per heavy atom. The second kappa shape index (κ2) is 3.21. The fourth-order valence-electron chi connectivity index (χ4n) is 3.45. The van der Waals surface area contributed by atoms with Crippen LogP contribution in [0.3, 0.4) is 0 Å². The smallest absolute Gasteiger partial charge is 0.00507 e. The van der Waals surface area contributed by atoms with Gasteiger partial charge < -0.3 is 5.32 Å². The predicted molar refractivity (Wildman–Crippen MR) is 60.4 cm³/mol. The number of piperidine rings is 2. The van der Waals surface area contributed by atoms with Gasteiger partial charge in [0, 0.05) is 32.2 Å². The first-order valence-corrected chi connectivity index (χ1v) is 5.87. The van der Waals surface area contributed by atoms with Gasteiger partial charge >= 0.3 is 0 Å². The number of hydrogen-bond donors (Lipinski definition) is 1. The van der Waals surface area contributed by atoms with Crippen molar-refractivity contribution < 1.29 is 0 Å². The van der Waals surface area contributed by atoms with E-state index in [1.807, 2.05) is 0 Å². The van der Waals surface area contributed by atoms with Crippen LogP contribution >= 0.6 is 0 Å². The maximum Gasteiger partial charge on any atom is 0.00507 e. The standard InChI is InChI=1S/C12H24N2/c1-10(2)14-8-11(3)5-12(4,9-14)7-13-6-11/h10,13H,5-9H2,1-4H3. The zero-order valence-electron chi connectivity index (χ0n) is 10.1. The number of nitrogens with one attached hydrogen (secondary N) is 1. The zero-order chi connectivity index (χ0) is 10.4. The molecule has 2 unspecified atom stereocenters. The summed E-state index contributed by atoms with van der Waals surface area (Å²) in [5.41, 5.74) is 1.02. The SMILES string of the molecule is CC(C)N1CC2(C)CNCC(C)(C1)C2. The fraction of sp³-hybridized carbons (Fsp3) is 1.00. The molecule has 2 aliphatic heterocycles. The molecular formula is C12H24N2. The maximum atomic E-state index is 3.60. The molecule has 2 nitrogen and oxygen atoms in total. The molecule has 0 radical (unpaired) electrons. The third-order valence-electron chi connectivity index (χ3n) is 3.86. The molecule has 0 amide bonds. The third kappa shape index (κ3) is 1.82. The summed E-state index contributed by atoms with van der Waals surface area (Å²) < 4.78 is 0. The van der Waals surface area contributed by atoms with E-state index >= 15 is 0 Å². The predicted octanol–water partition coefficient (Wildman–Crippen LogP) is 1.72.